The number of hydrogen-bond donors (Lipinski definition) is 1. The van der Waals surface area contributed by atoms with Crippen LogP contribution >= 0.6 is 34.8 Å². The standard InChI is InChI=1S/C24H20Cl3NO4/c1-24(2)10-18-22(19(29)11-24)14(21-16(26)4-3-5-17(21)27)9-20(30)28(18)12-6-7-15(25)13(8-12)23(31)32/h3-8,14H,9-11H2,1-2H3,(H,31,32). The molecule has 2 aliphatic rings. The first-order valence-electron chi connectivity index (χ1n) is 10.1. The lowest BCUT2D eigenvalue weighted by Crippen LogP contribution is -2.43. The fraction of sp³-hybridized carbons (Fsp3) is 0.292. The van der Waals surface area contributed by atoms with E-state index in [4.69, 9.17) is 34.8 Å². The third-order valence-electron chi connectivity index (χ3n) is 5.93. The second-order valence-electron chi connectivity index (χ2n) is 8.89. The molecule has 2 aromatic rings. The van der Waals surface area contributed by atoms with Gasteiger partial charge < -0.3 is 5.11 Å². The summed E-state index contributed by atoms with van der Waals surface area (Å²) in [5, 5.41) is 10.3. The Bertz CT molecular complexity index is 1180. The molecule has 1 aliphatic carbocycles. The van der Waals surface area contributed by atoms with Crippen molar-refractivity contribution < 1.29 is 19.5 Å². The Hall–Kier alpha value is -2.34. The SMILES string of the molecule is CC1(C)CC(=O)C2=C(C1)N(c1ccc(Cl)c(C(=O)O)c1)C(=O)CC2c1c(Cl)cccc1Cl. The predicted molar refractivity (Wildman–Crippen MR) is 125 cm³/mol. The molecule has 8 heteroatoms. The molecule has 4 rings (SSSR count). The minimum absolute atomic E-state index is 0.0144. The van der Waals surface area contributed by atoms with Crippen LogP contribution in [-0.4, -0.2) is 22.8 Å². The van der Waals surface area contributed by atoms with E-state index in [2.05, 4.69) is 0 Å². The number of amides is 1. The zero-order chi connectivity index (χ0) is 23.4. The Morgan fingerprint density at radius 1 is 1.03 bits per heavy atom. The third-order valence-corrected chi connectivity index (χ3v) is 6.92. The van der Waals surface area contributed by atoms with E-state index in [0.717, 1.165) is 0 Å². The van der Waals surface area contributed by atoms with Crippen LogP contribution < -0.4 is 4.90 Å². The number of carbonyl (C=O) groups excluding carboxylic acids is 2. The molecule has 166 valence electrons. The largest absolute Gasteiger partial charge is 0.478 e. The van der Waals surface area contributed by atoms with E-state index in [1.165, 1.54) is 17.0 Å². The van der Waals surface area contributed by atoms with Crippen molar-refractivity contribution in [3.05, 3.63) is 73.9 Å². The normalized spacial score (nSPS) is 20.4. The van der Waals surface area contributed by atoms with Crippen molar-refractivity contribution in [1.82, 2.24) is 0 Å². The van der Waals surface area contributed by atoms with Gasteiger partial charge >= 0.3 is 5.97 Å². The van der Waals surface area contributed by atoms with E-state index in [9.17, 15) is 19.5 Å². The van der Waals surface area contributed by atoms with E-state index in [-0.39, 0.29) is 34.1 Å². The van der Waals surface area contributed by atoms with Crippen molar-refractivity contribution in [1.29, 1.82) is 0 Å². The quantitative estimate of drug-likeness (QED) is 0.530. The summed E-state index contributed by atoms with van der Waals surface area (Å²) in [4.78, 5) is 39.9. The van der Waals surface area contributed by atoms with Gasteiger partial charge in [-0.3, -0.25) is 14.5 Å². The summed E-state index contributed by atoms with van der Waals surface area (Å²) in [6.07, 6.45) is 0.774. The number of ketones is 1. The summed E-state index contributed by atoms with van der Waals surface area (Å²) in [5.41, 5.74) is 1.50. The maximum Gasteiger partial charge on any atom is 0.337 e. The topological polar surface area (TPSA) is 74.7 Å². The molecule has 0 bridgehead atoms. The Balaban J connectivity index is 1.95. The van der Waals surface area contributed by atoms with Crippen LogP contribution in [0.1, 0.15) is 54.9 Å². The van der Waals surface area contributed by atoms with Gasteiger partial charge in [-0.05, 0) is 47.7 Å². The molecule has 1 N–H and O–H groups in total. The van der Waals surface area contributed by atoms with Gasteiger partial charge in [0, 0.05) is 45.8 Å². The smallest absolute Gasteiger partial charge is 0.337 e. The first-order chi connectivity index (χ1) is 15.0. The molecule has 5 nitrogen and oxygen atoms in total. The Morgan fingerprint density at radius 3 is 2.31 bits per heavy atom. The molecule has 0 spiro atoms. The van der Waals surface area contributed by atoms with Crippen LogP contribution in [0.2, 0.25) is 15.1 Å². The molecule has 1 unspecified atom stereocenters. The first kappa shape index (κ1) is 22.8. The number of rotatable bonds is 3. The van der Waals surface area contributed by atoms with Gasteiger partial charge in [0.05, 0.1) is 10.6 Å². The van der Waals surface area contributed by atoms with Crippen molar-refractivity contribution in [2.75, 3.05) is 4.90 Å². The minimum atomic E-state index is -1.20. The Labute approximate surface area is 200 Å². The lowest BCUT2D eigenvalue weighted by Gasteiger charge is -2.43. The van der Waals surface area contributed by atoms with Crippen LogP contribution in [0.3, 0.4) is 0 Å². The Kier molecular flexibility index (Phi) is 5.86. The predicted octanol–water partition coefficient (Wildman–Crippen LogP) is 6.51. The fourth-order valence-corrected chi connectivity index (χ4v) is 5.48. The number of carboxylic acid groups (broad SMARTS) is 1. The number of allylic oxidation sites excluding steroid dienone is 2. The highest BCUT2D eigenvalue weighted by Gasteiger charge is 2.45. The highest BCUT2D eigenvalue weighted by atomic mass is 35.5. The second-order valence-corrected chi connectivity index (χ2v) is 10.1. The van der Waals surface area contributed by atoms with Crippen molar-refractivity contribution in [3.8, 4) is 0 Å². The number of halogens is 3. The van der Waals surface area contributed by atoms with Gasteiger partial charge in [-0.1, -0.05) is 54.7 Å². The molecule has 1 amide bonds. The molecule has 0 aromatic heterocycles. The maximum atomic E-state index is 13.5. The monoisotopic (exact) mass is 491 g/mol. The molecule has 32 heavy (non-hydrogen) atoms. The maximum absolute atomic E-state index is 13.5. The second kappa shape index (κ2) is 8.22. The van der Waals surface area contributed by atoms with E-state index in [1.54, 1.807) is 24.3 Å². The van der Waals surface area contributed by atoms with Gasteiger partial charge in [0.1, 0.15) is 0 Å². The van der Waals surface area contributed by atoms with Gasteiger partial charge in [-0.25, -0.2) is 4.79 Å². The number of carboxylic acids is 1. The number of aromatic carboxylic acids is 1. The highest BCUT2D eigenvalue weighted by Crippen LogP contribution is 2.50. The summed E-state index contributed by atoms with van der Waals surface area (Å²) in [6, 6.07) is 9.49. The zero-order valence-corrected chi connectivity index (χ0v) is 19.7. The molecular weight excluding hydrogens is 473 g/mol. The van der Waals surface area contributed by atoms with E-state index in [0.29, 0.717) is 45.4 Å². The molecule has 0 radical (unpaired) electrons. The van der Waals surface area contributed by atoms with E-state index >= 15 is 0 Å². The molecule has 0 saturated carbocycles. The summed E-state index contributed by atoms with van der Waals surface area (Å²) in [6.45, 7) is 3.93. The number of anilines is 1. The van der Waals surface area contributed by atoms with Crippen molar-refractivity contribution >= 4 is 58.1 Å². The lowest BCUT2D eigenvalue weighted by atomic mass is 9.69. The summed E-state index contributed by atoms with van der Waals surface area (Å²) in [7, 11) is 0. The molecule has 1 aliphatic heterocycles. The number of benzene rings is 2. The number of carbonyl (C=O) groups is 3. The molecule has 1 atom stereocenters. The van der Waals surface area contributed by atoms with Crippen LogP contribution in [0.15, 0.2) is 47.7 Å². The minimum Gasteiger partial charge on any atom is -0.478 e. The fourth-order valence-electron chi connectivity index (χ4n) is 4.62. The molecule has 0 saturated heterocycles. The number of hydrogen-bond acceptors (Lipinski definition) is 3. The van der Waals surface area contributed by atoms with Crippen molar-refractivity contribution in [3.63, 3.8) is 0 Å². The van der Waals surface area contributed by atoms with Crippen molar-refractivity contribution in [2.45, 2.75) is 39.0 Å². The lowest BCUT2D eigenvalue weighted by molar-refractivity contribution is -0.121. The van der Waals surface area contributed by atoms with Gasteiger partial charge in [-0.15, -0.1) is 0 Å². The Morgan fingerprint density at radius 2 is 1.69 bits per heavy atom. The van der Waals surface area contributed by atoms with Crippen molar-refractivity contribution in [2.24, 2.45) is 5.41 Å². The number of Topliss-reactive ketones (excluding diaryl/α,β-unsaturated/α-hetero) is 1. The summed E-state index contributed by atoms with van der Waals surface area (Å²) >= 11 is 18.9. The van der Waals surface area contributed by atoms with Gasteiger partial charge in [0.15, 0.2) is 5.78 Å². The summed E-state index contributed by atoms with van der Waals surface area (Å²) < 4.78 is 0. The average Bonchev–Trinajstić information content (AvgIpc) is 2.67. The molecule has 2 aromatic carbocycles. The molecular formula is C24H20Cl3NO4. The first-order valence-corrected chi connectivity index (χ1v) is 11.2. The van der Waals surface area contributed by atoms with Crippen LogP contribution in [0.4, 0.5) is 5.69 Å². The molecule has 0 fully saturated rings. The highest BCUT2D eigenvalue weighted by molar-refractivity contribution is 6.36. The van der Waals surface area contributed by atoms with Crippen LogP contribution in [0.25, 0.3) is 0 Å². The summed E-state index contributed by atoms with van der Waals surface area (Å²) in [5.74, 6) is -2.10. The molecule has 1 heterocycles. The van der Waals surface area contributed by atoms with Crippen LogP contribution in [0, 0.1) is 5.41 Å². The van der Waals surface area contributed by atoms with Gasteiger partial charge in [0.2, 0.25) is 5.91 Å². The number of nitrogens with zero attached hydrogens (tertiary/aromatic N) is 1. The average molecular weight is 493 g/mol. The van der Waals surface area contributed by atoms with Gasteiger partial charge in [-0.2, -0.15) is 0 Å². The van der Waals surface area contributed by atoms with Crippen LogP contribution in [-0.2, 0) is 9.59 Å². The zero-order valence-electron chi connectivity index (χ0n) is 17.4. The van der Waals surface area contributed by atoms with Crippen LogP contribution in [0.5, 0.6) is 0 Å². The third kappa shape index (κ3) is 3.94. The van der Waals surface area contributed by atoms with E-state index in [1.807, 2.05) is 13.8 Å². The van der Waals surface area contributed by atoms with E-state index < -0.39 is 11.9 Å². The van der Waals surface area contributed by atoms with Gasteiger partial charge in [0.25, 0.3) is 0 Å².